The Labute approximate surface area is 160 Å². The van der Waals surface area contributed by atoms with Crippen molar-refractivity contribution in [3.8, 4) is 5.69 Å². The number of hydrogen-bond acceptors (Lipinski definition) is 3. The van der Waals surface area contributed by atoms with E-state index in [-0.39, 0.29) is 18.3 Å². The van der Waals surface area contributed by atoms with Gasteiger partial charge in [-0.25, -0.2) is 4.98 Å². The molecule has 0 fully saturated rings. The van der Waals surface area contributed by atoms with E-state index in [4.69, 9.17) is 5.73 Å². The van der Waals surface area contributed by atoms with E-state index in [2.05, 4.69) is 14.9 Å². The Balaban J connectivity index is 0.00000243. The zero-order chi connectivity index (χ0) is 17.9. The summed E-state index contributed by atoms with van der Waals surface area (Å²) in [6.07, 6.45) is 3.38. The molecule has 0 aliphatic heterocycles. The molecule has 1 heterocycles. The van der Waals surface area contributed by atoms with Crippen molar-refractivity contribution in [3.05, 3.63) is 60.4 Å². The van der Waals surface area contributed by atoms with E-state index in [0.717, 1.165) is 28.7 Å². The van der Waals surface area contributed by atoms with E-state index < -0.39 is 5.54 Å². The van der Waals surface area contributed by atoms with Crippen molar-refractivity contribution in [3.63, 3.8) is 0 Å². The van der Waals surface area contributed by atoms with E-state index in [9.17, 15) is 4.79 Å². The molecule has 0 radical (unpaired) electrons. The van der Waals surface area contributed by atoms with Crippen molar-refractivity contribution in [2.24, 2.45) is 5.73 Å². The van der Waals surface area contributed by atoms with Crippen molar-refractivity contribution in [1.82, 2.24) is 14.9 Å². The number of halogens is 1. The molecule has 1 amide bonds. The van der Waals surface area contributed by atoms with Crippen LogP contribution in [0.4, 0.5) is 0 Å². The number of hydrogen-bond donors (Lipinski definition) is 2. The van der Waals surface area contributed by atoms with Crippen LogP contribution in [0.1, 0.15) is 32.3 Å². The number of amides is 1. The monoisotopic (exact) mass is 372 g/mol. The Morgan fingerprint density at radius 2 is 1.88 bits per heavy atom. The van der Waals surface area contributed by atoms with Crippen molar-refractivity contribution in [2.75, 3.05) is 0 Å². The fraction of sp³-hybridized carbons (Fsp3) is 0.300. The maximum Gasteiger partial charge on any atom is 0.240 e. The highest BCUT2D eigenvalue weighted by atomic mass is 35.5. The number of nitrogens with zero attached hydrogens (tertiary/aromatic N) is 2. The molecule has 1 atom stereocenters. The minimum Gasteiger partial charge on any atom is -0.350 e. The third kappa shape index (κ3) is 4.23. The largest absolute Gasteiger partial charge is 0.350 e. The van der Waals surface area contributed by atoms with E-state index in [1.54, 1.807) is 6.92 Å². The van der Waals surface area contributed by atoms with E-state index in [1.165, 1.54) is 0 Å². The predicted molar refractivity (Wildman–Crippen MR) is 108 cm³/mol. The normalized spacial score (nSPS) is 13.0. The lowest BCUT2D eigenvalue weighted by Gasteiger charge is -2.22. The van der Waals surface area contributed by atoms with Gasteiger partial charge in [-0.3, -0.25) is 9.36 Å². The first kappa shape index (κ1) is 19.9. The highest BCUT2D eigenvalue weighted by Gasteiger charge is 2.26. The van der Waals surface area contributed by atoms with Gasteiger partial charge in [-0.2, -0.15) is 0 Å². The molecule has 26 heavy (non-hydrogen) atoms. The van der Waals surface area contributed by atoms with Crippen LogP contribution in [0.5, 0.6) is 0 Å². The fourth-order valence-electron chi connectivity index (χ4n) is 2.96. The number of imidazole rings is 1. The first-order chi connectivity index (χ1) is 12.0. The van der Waals surface area contributed by atoms with Crippen LogP contribution >= 0.6 is 12.4 Å². The molecule has 1 aromatic heterocycles. The maximum atomic E-state index is 12.2. The molecule has 0 saturated heterocycles. The van der Waals surface area contributed by atoms with Crippen molar-refractivity contribution < 1.29 is 4.79 Å². The molecule has 0 aliphatic rings. The van der Waals surface area contributed by atoms with Crippen LogP contribution in [0.2, 0.25) is 0 Å². The second-order valence-corrected chi connectivity index (χ2v) is 6.62. The number of nitrogens with one attached hydrogen (secondary N) is 1. The first-order valence-electron chi connectivity index (χ1n) is 8.60. The molecule has 1 unspecified atom stereocenters. The van der Waals surface area contributed by atoms with E-state index >= 15 is 0 Å². The molecule has 5 nitrogen and oxygen atoms in total. The van der Waals surface area contributed by atoms with Crippen LogP contribution < -0.4 is 11.1 Å². The molecule has 0 spiro atoms. The lowest BCUT2D eigenvalue weighted by atomic mass is 9.96. The van der Waals surface area contributed by atoms with Crippen LogP contribution in [0.3, 0.4) is 0 Å². The third-order valence-corrected chi connectivity index (χ3v) is 4.41. The van der Waals surface area contributed by atoms with Crippen LogP contribution in [0.25, 0.3) is 16.7 Å². The van der Waals surface area contributed by atoms with Gasteiger partial charge in [0.05, 0.1) is 16.6 Å². The second-order valence-electron chi connectivity index (χ2n) is 6.62. The third-order valence-electron chi connectivity index (χ3n) is 4.41. The number of nitrogens with two attached hydrogens (primary N) is 1. The summed E-state index contributed by atoms with van der Waals surface area (Å²) >= 11 is 0. The van der Waals surface area contributed by atoms with Gasteiger partial charge in [-0.1, -0.05) is 37.6 Å². The molecule has 3 N–H and O–H groups in total. The Bertz CT molecular complexity index is 871. The van der Waals surface area contributed by atoms with E-state index in [1.807, 2.05) is 61.8 Å². The number of carbonyl (C=O) groups excluding carboxylic acids is 1. The standard InChI is InChI=1S/C20H24N4O.ClH/c1-3-12-20(2,21)19(25)22-13-15-8-10-16(11-9-15)24-14-23-17-6-4-5-7-18(17)24;/h4-11,14H,3,12-13,21H2,1-2H3,(H,22,25);1H. The molecular weight excluding hydrogens is 348 g/mol. The van der Waals surface area contributed by atoms with Gasteiger partial charge in [0, 0.05) is 12.2 Å². The van der Waals surface area contributed by atoms with Gasteiger partial charge in [0.2, 0.25) is 5.91 Å². The van der Waals surface area contributed by atoms with Gasteiger partial charge in [0.25, 0.3) is 0 Å². The summed E-state index contributed by atoms with van der Waals surface area (Å²) in [6.45, 7) is 4.27. The average molecular weight is 373 g/mol. The number of carbonyl (C=O) groups is 1. The van der Waals surface area contributed by atoms with Gasteiger partial charge in [-0.15, -0.1) is 12.4 Å². The zero-order valence-electron chi connectivity index (χ0n) is 15.1. The van der Waals surface area contributed by atoms with Crippen LogP contribution in [0, 0.1) is 0 Å². The molecule has 0 bridgehead atoms. The molecule has 6 heteroatoms. The smallest absolute Gasteiger partial charge is 0.240 e. The minimum atomic E-state index is -0.815. The summed E-state index contributed by atoms with van der Waals surface area (Å²) in [4.78, 5) is 16.6. The topological polar surface area (TPSA) is 72.9 Å². The molecule has 0 saturated carbocycles. The maximum absolute atomic E-state index is 12.2. The Hall–Kier alpha value is -2.37. The Morgan fingerprint density at radius 3 is 2.58 bits per heavy atom. The Kier molecular flexibility index (Phi) is 6.40. The molecule has 0 aliphatic carbocycles. The summed E-state index contributed by atoms with van der Waals surface area (Å²) in [5.74, 6) is -0.112. The number of aromatic nitrogens is 2. The summed E-state index contributed by atoms with van der Waals surface area (Å²) in [7, 11) is 0. The van der Waals surface area contributed by atoms with Gasteiger partial charge in [-0.05, 0) is 43.2 Å². The zero-order valence-corrected chi connectivity index (χ0v) is 15.9. The first-order valence-corrected chi connectivity index (χ1v) is 8.60. The minimum absolute atomic E-state index is 0. The highest BCUT2D eigenvalue weighted by Crippen LogP contribution is 2.18. The molecule has 2 aromatic carbocycles. The van der Waals surface area contributed by atoms with Gasteiger partial charge in [0.15, 0.2) is 0 Å². The fourth-order valence-corrected chi connectivity index (χ4v) is 2.96. The van der Waals surface area contributed by atoms with Gasteiger partial charge < -0.3 is 11.1 Å². The highest BCUT2D eigenvalue weighted by molar-refractivity contribution is 5.85. The second kappa shape index (κ2) is 8.34. The SMILES string of the molecule is CCCC(C)(N)C(=O)NCc1ccc(-n2cnc3ccccc32)cc1.Cl. The summed E-state index contributed by atoms with van der Waals surface area (Å²) in [5, 5.41) is 2.92. The van der Waals surface area contributed by atoms with E-state index in [0.29, 0.717) is 13.0 Å². The predicted octanol–water partition coefficient (Wildman–Crippen LogP) is 3.58. The van der Waals surface area contributed by atoms with Crippen molar-refractivity contribution >= 4 is 29.3 Å². The van der Waals surface area contributed by atoms with Crippen molar-refractivity contribution in [2.45, 2.75) is 38.8 Å². The molecule has 3 aromatic rings. The van der Waals surface area contributed by atoms with Gasteiger partial charge >= 0.3 is 0 Å². The number of para-hydroxylation sites is 2. The summed E-state index contributed by atoms with van der Waals surface area (Å²) in [5.41, 5.74) is 9.36. The van der Waals surface area contributed by atoms with Crippen LogP contribution in [0.15, 0.2) is 54.9 Å². The molecule has 3 rings (SSSR count). The van der Waals surface area contributed by atoms with Crippen molar-refractivity contribution in [1.29, 1.82) is 0 Å². The lowest BCUT2D eigenvalue weighted by molar-refractivity contribution is -0.126. The number of rotatable bonds is 6. The quantitative estimate of drug-likeness (QED) is 0.694. The molecular formula is C20H25ClN4O. The number of fused-ring (bicyclic) bond motifs is 1. The molecule has 138 valence electrons. The van der Waals surface area contributed by atoms with Gasteiger partial charge in [0.1, 0.15) is 6.33 Å². The summed E-state index contributed by atoms with van der Waals surface area (Å²) in [6, 6.07) is 16.1. The van der Waals surface area contributed by atoms with Crippen LogP contribution in [-0.4, -0.2) is 21.0 Å². The average Bonchev–Trinajstić information content (AvgIpc) is 3.04. The summed E-state index contributed by atoms with van der Waals surface area (Å²) < 4.78 is 2.05. The lowest BCUT2D eigenvalue weighted by Crippen LogP contribution is -2.51. The van der Waals surface area contributed by atoms with Crippen LogP contribution in [-0.2, 0) is 11.3 Å². The Morgan fingerprint density at radius 1 is 1.19 bits per heavy atom. The number of benzene rings is 2.